The maximum Gasteiger partial charge on any atom is 0.240 e. The van der Waals surface area contributed by atoms with E-state index in [-0.39, 0.29) is 21.2 Å². The van der Waals surface area contributed by atoms with Gasteiger partial charge >= 0.3 is 0 Å². The molecule has 0 saturated heterocycles. The summed E-state index contributed by atoms with van der Waals surface area (Å²) in [5.41, 5.74) is -0.259. The fraction of sp³-hybridized carbons (Fsp3) is 0.500. The maximum atomic E-state index is 12.2. The summed E-state index contributed by atoms with van der Waals surface area (Å²) in [6.07, 6.45) is 0. The van der Waals surface area contributed by atoms with Crippen molar-refractivity contribution >= 4 is 20.0 Å². The van der Waals surface area contributed by atoms with E-state index in [9.17, 15) is 16.8 Å². The largest absolute Gasteiger partial charge is 0.240 e. The molecule has 0 aliphatic carbocycles. The first-order chi connectivity index (χ1) is 8.84. The fourth-order valence-corrected chi connectivity index (χ4v) is 3.42. The topological polar surface area (TPSA) is 106 Å². The number of benzene rings is 1. The van der Waals surface area contributed by atoms with Gasteiger partial charge in [0, 0.05) is 6.04 Å². The van der Waals surface area contributed by atoms with Gasteiger partial charge in [-0.05, 0) is 30.5 Å². The molecule has 0 radical (unpaired) electrons. The Labute approximate surface area is 120 Å². The lowest BCUT2D eigenvalue weighted by Crippen LogP contribution is -2.41. The van der Waals surface area contributed by atoms with Crippen molar-refractivity contribution in [3.05, 3.63) is 24.3 Å². The third kappa shape index (κ3) is 4.27. The third-order valence-corrected chi connectivity index (χ3v) is 5.52. The van der Waals surface area contributed by atoms with E-state index < -0.39 is 20.0 Å². The Kier molecular flexibility index (Phi) is 4.65. The van der Waals surface area contributed by atoms with E-state index in [1.807, 2.05) is 20.8 Å². The summed E-state index contributed by atoms with van der Waals surface area (Å²) in [6.45, 7) is 7.46. The smallest absolute Gasteiger partial charge is 0.225 e. The van der Waals surface area contributed by atoms with Gasteiger partial charge in [0.2, 0.25) is 20.0 Å². The first-order valence-electron chi connectivity index (χ1n) is 5.99. The van der Waals surface area contributed by atoms with Crippen LogP contribution in [0.1, 0.15) is 27.7 Å². The van der Waals surface area contributed by atoms with Crippen LogP contribution in [0, 0.1) is 5.41 Å². The predicted octanol–water partition coefficient (Wildman–Crippen LogP) is 1.05. The van der Waals surface area contributed by atoms with Crippen molar-refractivity contribution in [1.82, 2.24) is 4.72 Å². The van der Waals surface area contributed by atoms with Crippen LogP contribution < -0.4 is 9.86 Å². The first-order valence-corrected chi connectivity index (χ1v) is 9.02. The summed E-state index contributed by atoms with van der Waals surface area (Å²) in [4.78, 5) is -0.357. The zero-order valence-corrected chi connectivity index (χ0v) is 13.5. The highest BCUT2D eigenvalue weighted by molar-refractivity contribution is 7.90. The van der Waals surface area contributed by atoms with E-state index in [0.717, 1.165) is 6.07 Å². The quantitative estimate of drug-likeness (QED) is 0.864. The van der Waals surface area contributed by atoms with Crippen LogP contribution in [-0.4, -0.2) is 22.9 Å². The van der Waals surface area contributed by atoms with Crippen molar-refractivity contribution in [2.75, 3.05) is 0 Å². The lowest BCUT2D eigenvalue weighted by molar-refractivity contribution is 0.317. The zero-order valence-electron chi connectivity index (χ0n) is 11.9. The molecule has 1 atom stereocenters. The average Bonchev–Trinajstić information content (AvgIpc) is 2.26. The maximum absolute atomic E-state index is 12.2. The van der Waals surface area contributed by atoms with Crippen molar-refractivity contribution in [3.63, 3.8) is 0 Å². The minimum Gasteiger partial charge on any atom is -0.225 e. The summed E-state index contributed by atoms with van der Waals surface area (Å²) >= 11 is 0. The molecule has 0 bridgehead atoms. The van der Waals surface area contributed by atoms with Gasteiger partial charge in [-0.2, -0.15) is 0 Å². The van der Waals surface area contributed by atoms with Gasteiger partial charge in [-0.3, -0.25) is 0 Å². The highest BCUT2D eigenvalue weighted by atomic mass is 32.2. The van der Waals surface area contributed by atoms with Gasteiger partial charge in [-0.25, -0.2) is 26.7 Å². The number of nitrogens with one attached hydrogen (secondary N) is 1. The van der Waals surface area contributed by atoms with E-state index in [1.54, 1.807) is 6.92 Å². The van der Waals surface area contributed by atoms with Crippen LogP contribution in [0.15, 0.2) is 34.1 Å². The van der Waals surface area contributed by atoms with Crippen molar-refractivity contribution in [2.45, 2.75) is 43.5 Å². The predicted molar refractivity (Wildman–Crippen MR) is 77.1 cm³/mol. The zero-order chi connectivity index (χ0) is 15.8. The Bertz CT molecular complexity index is 688. The van der Waals surface area contributed by atoms with Crippen LogP contribution in [0.3, 0.4) is 0 Å². The molecule has 1 aromatic rings. The SMILES string of the molecule is CC(NS(=O)(=O)c1cccc(S(N)(=O)=O)c1)C(C)(C)C. The number of rotatable bonds is 4. The number of primary sulfonamides is 1. The van der Waals surface area contributed by atoms with Crippen LogP contribution in [0.5, 0.6) is 0 Å². The molecule has 1 unspecified atom stereocenters. The van der Waals surface area contributed by atoms with Gasteiger partial charge < -0.3 is 0 Å². The summed E-state index contributed by atoms with van der Waals surface area (Å²) < 4.78 is 49.5. The second-order valence-corrected chi connectivity index (χ2v) is 9.00. The van der Waals surface area contributed by atoms with Gasteiger partial charge in [-0.1, -0.05) is 26.8 Å². The molecule has 0 heterocycles. The van der Waals surface area contributed by atoms with E-state index >= 15 is 0 Å². The molecular weight excluding hydrogens is 300 g/mol. The highest BCUT2D eigenvalue weighted by Gasteiger charge is 2.26. The second-order valence-electron chi connectivity index (χ2n) is 5.73. The van der Waals surface area contributed by atoms with Gasteiger partial charge in [0.15, 0.2) is 0 Å². The molecule has 0 fully saturated rings. The van der Waals surface area contributed by atoms with E-state index in [2.05, 4.69) is 4.72 Å². The van der Waals surface area contributed by atoms with E-state index in [1.165, 1.54) is 18.2 Å². The molecule has 1 rings (SSSR count). The molecule has 8 heteroatoms. The van der Waals surface area contributed by atoms with Crippen molar-refractivity contribution in [1.29, 1.82) is 0 Å². The third-order valence-electron chi connectivity index (χ3n) is 3.08. The fourth-order valence-electron chi connectivity index (χ4n) is 1.30. The number of nitrogens with two attached hydrogens (primary N) is 1. The molecule has 0 spiro atoms. The summed E-state index contributed by atoms with van der Waals surface area (Å²) in [5, 5.41) is 5.00. The Balaban J connectivity index is 3.18. The van der Waals surface area contributed by atoms with Crippen molar-refractivity contribution in [2.24, 2.45) is 10.6 Å². The highest BCUT2D eigenvalue weighted by Crippen LogP contribution is 2.21. The van der Waals surface area contributed by atoms with Crippen LogP contribution >= 0.6 is 0 Å². The Morgan fingerprint density at radius 2 is 1.60 bits per heavy atom. The van der Waals surface area contributed by atoms with Crippen molar-refractivity contribution in [3.8, 4) is 0 Å². The van der Waals surface area contributed by atoms with Crippen LogP contribution in [0.2, 0.25) is 0 Å². The van der Waals surface area contributed by atoms with Crippen LogP contribution in [0.4, 0.5) is 0 Å². The summed E-state index contributed by atoms with van der Waals surface area (Å²) in [6, 6.07) is 4.66. The van der Waals surface area contributed by atoms with Crippen molar-refractivity contribution < 1.29 is 16.8 Å². The monoisotopic (exact) mass is 320 g/mol. The average molecular weight is 320 g/mol. The van der Waals surface area contributed by atoms with Gasteiger partial charge in [0.1, 0.15) is 0 Å². The number of sulfonamides is 2. The Morgan fingerprint density at radius 1 is 1.10 bits per heavy atom. The molecule has 6 nitrogen and oxygen atoms in total. The molecule has 0 aliphatic heterocycles. The van der Waals surface area contributed by atoms with Gasteiger partial charge in [0.25, 0.3) is 0 Å². The number of hydrogen-bond acceptors (Lipinski definition) is 4. The summed E-state index contributed by atoms with van der Waals surface area (Å²) in [5.74, 6) is 0. The standard InChI is InChI=1S/C12H20N2O4S2/c1-9(12(2,3)4)14-20(17,18)11-7-5-6-10(8-11)19(13,15)16/h5-9,14H,1-4H3,(H2,13,15,16). The summed E-state index contributed by atoms with van der Waals surface area (Å²) in [7, 11) is -7.73. The van der Waals surface area contributed by atoms with E-state index in [4.69, 9.17) is 5.14 Å². The lowest BCUT2D eigenvalue weighted by Gasteiger charge is -2.27. The molecule has 0 amide bonds. The minimum absolute atomic E-state index is 0.125. The second kappa shape index (κ2) is 5.44. The molecule has 0 aromatic heterocycles. The normalized spacial score (nSPS) is 15.1. The molecule has 3 N–H and O–H groups in total. The Hall–Kier alpha value is -0.960. The first kappa shape index (κ1) is 17.1. The van der Waals surface area contributed by atoms with Crippen LogP contribution in [-0.2, 0) is 20.0 Å². The van der Waals surface area contributed by atoms with Crippen LogP contribution in [0.25, 0.3) is 0 Å². The van der Waals surface area contributed by atoms with Gasteiger partial charge in [-0.15, -0.1) is 0 Å². The number of hydrogen-bond donors (Lipinski definition) is 2. The minimum atomic E-state index is -3.93. The molecular formula is C12H20N2O4S2. The molecule has 114 valence electrons. The van der Waals surface area contributed by atoms with E-state index in [0.29, 0.717) is 0 Å². The molecule has 0 saturated carbocycles. The van der Waals surface area contributed by atoms with Gasteiger partial charge in [0.05, 0.1) is 9.79 Å². The molecule has 20 heavy (non-hydrogen) atoms. The molecule has 0 aliphatic rings. The Morgan fingerprint density at radius 3 is 2.05 bits per heavy atom. The lowest BCUT2D eigenvalue weighted by atomic mass is 9.89. The molecule has 1 aromatic carbocycles.